The number of carboxylic acids is 1. The third kappa shape index (κ3) is 41.3. The summed E-state index contributed by atoms with van der Waals surface area (Å²) < 4.78 is 0. The van der Waals surface area contributed by atoms with Gasteiger partial charge in [0.15, 0.2) is 0 Å². The smallest absolute Gasteiger partial charge is 0.326 e. The molecule has 0 radical (unpaired) electrons. The molecule has 0 heterocycles. The summed E-state index contributed by atoms with van der Waals surface area (Å²) in [7, 11) is 0. The van der Waals surface area contributed by atoms with E-state index in [4.69, 9.17) is 40.1 Å². The van der Waals surface area contributed by atoms with E-state index in [0.29, 0.717) is 115 Å². The standard InChI is InChI=1S/C58H110N22O8/c1-36(2)66-27-14-22-49(79-57(86)50(25-17-33-72-43(9)64)78-55(84)48(24-16-32-71-42(8)63)76-52(81)37(3)19-11-28-67-38(4)59)56(85)77-47(23-15-31-70-41(7)62)54(83)75-45(20-12-29-68-39(5)60)35-74-46(21-13-30-69-40(6)61)53(82)80-51(58(87)88)26-18-34-73-44(10)65/h37,45-51,66-74H,1,4-35,59-65H2,2-3H3,(H,75,83)(H,76,81)(H,77,85)(H,78,84)(H,79,86)(H,80,82)(H,87,88). The number of nitrogens with one attached hydrogen (secondary N) is 15. The zero-order valence-electron chi connectivity index (χ0n) is 52.3. The second-order valence-corrected chi connectivity index (χ2v) is 21.7. The van der Waals surface area contributed by atoms with Gasteiger partial charge in [-0.15, -0.1) is 0 Å². The van der Waals surface area contributed by atoms with Crippen LogP contribution in [-0.2, 0) is 33.6 Å². The third-order valence-electron chi connectivity index (χ3n) is 13.3. The predicted octanol–water partition coefficient (Wildman–Crippen LogP) is -2.92. The van der Waals surface area contributed by atoms with Crippen molar-refractivity contribution in [2.75, 3.05) is 58.9 Å². The van der Waals surface area contributed by atoms with Crippen LogP contribution < -0.4 is 120 Å². The van der Waals surface area contributed by atoms with Crippen molar-refractivity contribution in [2.45, 2.75) is 159 Å². The average Bonchev–Trinajstić information content (AvgIpc) is 2.16. The van der Waals surface area contributed by atoms with E-state index < -0.39 is 83.7 Å². The Labute approximate surface area is 521 Å². The van der Waals surface area contributed by atoms with Crippen LogP contribution in [0.25, 0.3) is 0 Å². The molecule has 0 bridgehead atoms. The molecule has 500 valence electrons. The highest BCUT2D eigenvalue weighted by molar-refractivity contribution is 5.95. The quantitative estimate of drug-likeness (QED) is 0.0271. The molecule has 0 rings (SSSR count). The highest BCUT2D eigenvalue weighted by Gasteiger charge is 2.33. The van der Waals surface area contributed by atoms with Crippen LogP contribution in [0.1, 0.15) is 117 Å². The molecule has 0 aromatic rings. The van der Waals surface area contributed by atoms with Gasteiger partial charge in [-0.05, 0) is 110 Å². The van der Waals surface area contributed by atoms with Crippen molar-refractivity contribution < 1.29 is 38.7 Å². The molecule has 0 saturated heterocycles. The maximum absolute atomic E-state index is 14.8. The molecule has 0 aliphatic carbocycles. The van der Waals surface area contributed by atoms with Crippen LogP contribution in [0.3, 0.4) is 0 Å². The van der Waals surface area contributed by atoms with Gasteiger partial charge in [0.2, 0.25) is 35.4 Å². The monoisotopic (exact) mass is 1240 g/mol. The molecule has 0 aliphatic heterocycles. The first-order chi connectivity index (χ1) is 41.5. The Morgan fingerprint density at radius 1 is 0.330 bits per heavy atom. The molecule has 30 N–H and O–H groups in total. The molecule has 8 atom stereocenters. The lowest BCUT2D eigenvalue weighted by atomic mass is 10.0. The molecule has 30 heteroatoms. The Bertz CT molecular complexity index is 2280. The molecule has 6 amide bonds. The topological polar surface area (TPSA) is 502 Å². The summed E-state index contributed by atoms with van der Waals surface area (Å²) in [5.74, 6) is -3.85. The van der Waals surface area contributed by atoms with Gasteiger partial charge in [0.1, 0.15) is 30.2 Å². The van der Waals surface area contributed by atoms with Crippen molar-refractivity contribution >= 4 is 41.4 Å². The summed E-state index contributed by atoms with van der Waals surface area (Å²) in [6.07, 6.45) is 4.53. The van der Waals surface area contributed by atoms with Crippen LogP contribution in [0.4, 0.5) is 0 Å². The molecular formula is C58H110N22O8. The maximum atomic E-state index is 14.8. The number of hydrogen-bond acceptors (Lipinski definition) is 23. The zero-order valence-corrected chi connectivity index (χ0v) is 52.3. The van der Waals surface area contributed by atoms with Gasteiger partial charge in [-0.25, -0.2) is 4.79 Å². The number of carboxylic acid groups (broad SMARTS) is 1. The molecular weight excluding hydrogens is 1130 g/mol. The van der Waals surface area contributed by atoms with Crippen LogP contribution in [0, 0.1) is 5.92 Å². The SMILES string of the molecule is C=C(C)NCCCC(NC(=O)C(CCCNC(=C)N)NC(=O)C(CCCNC(=C)N)NC(=O)C(C)CCCNC(=C)N)C(=O)NC(CCCNC(=C)N)C(=O)NC(CCCNC(=C)N)CNC(CCCNC(=C)N)C(=O)NC(CCCNC(=C)N)C(=O)O. The van der Waals surface area contributed by atoms with E-state index in [-0.39, 0.29) is 99.0 Å². The normalized spacial score (nSPS) is 13.4. The first kappa shape index (κ1) is 79.2. The Morgan fingerprint density at radius 2 is 0.568 bits per heavy atom. The first-order valence-electron chi connectivity index (χ1n) is 30.0. The number of aliphatic carboxylic acids is 1. The molecule has 30 nitrogen and oxygen atoms in total. The summed E-state index contributed by atoms with van der Waals surface area (Å²) in [4.78, 5) is 98.3. The second-order valence-electron chi connectivity index (χ2n) is 21.7. The number of hydrogen-bond donors (Lipinski definition) is 23. The summed E-state index contributed by atoms with van der Waals surface area (Å²) in [5, 5.41) is 53.9. The summed E-state index contributed by atoms with van der Waals surface area (Å²) in [5.41, 5.74) is 40.7. The lowest BCUT2D eigenvalue weighted by molar-refractivity contribution is -0.142. The fourth-order valence-electron chi connectivity index (χ4n) is 8.64. The van der Waals surface area contributed by atoms with E-state index in [1.54, 1.807) is 13.8 Å². The van der Waals surface area contributed by atoms with Gasteiger partial charge in [0, 0.05) is 76.6 Å². The van der Waals surface area contributed by atoms with Crippen LogP contribution in [0.5, 0.6) is 0 Å². The molecule has 0 aromatic carbocycles. The molecule has 8 unspecified atom stereocenters. The van der Waals surface area contributed by atoms with E-state index in [1.165, 1.54) is 0 Å². The van der Waals surface area contributed by atoms with E-state index in [9.17, 15) is 38.7 Å². The third-order valence-corrected chi connectivity index (χ3v) is 13.3. The minimum absolute atomic E-state index is 0.00396. The van der Waals surface area contributed by atoms with Crippen molar-refractivity contribution in [1.29, 1.82) is 0 Å². The molecule has 0 spiro atoms. The number of nitrogens with two attached hydrogens (primary N) is 7. The summed E-state index contributed by atoms with van der Waals surface area (Å²) >= 11 is 0. The fraction of sp³-hybridized carbons (Fsp3) is 0.603. The molecule has 88 heavy (non-hydrogen) atoms. The van der Waals surface area contributed by atoms with Gasteiger partial charge in [-0.2, -0.15) is 0 Å². The van der Waals surface area contributed by atoms with Gasteiger partial charge in [-0.1, -0.05) is 59.6 Å². The van der Waals surface area contributed by atoms with Crippen molar-refractivity contribution in [3.05, 3.63) is 99.1 Å². The molecule has 0 aromatic heterocycles. The van der Waals surface area contributed by atoms with Crippen LogP contribution in [0.15, 0.2) is 99.1 Å². The van der Waals surface area contributed by atoms with Gasteiger partial charge in [-0.3, -0.25) is 28.8 Å². The Kier molecular flexibility index (Phi) is 41.7. The Morgan fingerprint density at radius 3 is 0.875 bits per heavy atom. The number of carbonyl (C=O) groups excluding carboxylic acids is 6. The molecule has 0 aliphatic rings. The Hall–Kier alpha value is -8.83. The van der Waals surface area contributed by atoms with Crippen LogP contribution in [-0.4, -0.2) is 148 Å². The second kappa shape index (κ2) is 46.4. The van der Waals surface area contributed by atoms with Crippen molar-refractivity contribution in [3.63, 3.8) is 0 Å². The van der Waals surface area contributed by atoms with Gasteiger partial charge < -0.3 is 125 Å². The average molecular weight is 1240 g/mol. The largest absolute Gasteiger partial charge is 0.480 e. The number of allylic oxidation sites excluding steroid dienone is 1. The number of carbonyl (C=O) groups is 7. The van der Waals surface area contributed by atoms with Crippen LogP contribution in [0.2, 0.25) is 0 Å². The minimum atomic E-state index is -1.26. The van der Waals surface area contributed by atoms with Crippen molar-refractivity contribution in [3.8, 4) is 0 Å². The zero-order chi connectivity index (χ0) is 66.6. The lowest BCUT2D eigenvalue weighted by Gasteiger charge is -2.29. The molecule has 0 fully saturated rings. The van der Waals surface area contributed by atoms with Gasteiger partial charge >= 0.3 is 5.97 Å². The van der Waals surface area contributed by atoms with E-state index in [2.05, 4.69) is 132 Å². The van der Waals surface area contributed by atoms with Crippen molar-refractivity contribution in [2.24, 2.45) is 46.1 Å². The first-order valence-corrected chi connectivity index (χ1v) is 30.0. The summed E-state index contributed by atoms with van der Waals surface area (Å²) in [6.45, 7) is 35.7. The van der Waals surface area contributed by atoms with E-state index in [1.807, 2.05) is 0 Å². The number of amides is 6. The molecule has 0 saturated carbocycles. The van der Waals surface area contributed by atoms with Gasteiger partial charge in [0.25, 0.3) is 0 Å². The number of rotatable bonds is 56. The highest BCUT2D eigenvalue weighted by atomic mass is 16.4. The fourth-order valence-corrected chi connectivity index (χ4v) is 8.64. The highest BCUT2D eigenvalue weighted by Crippen LogP contribution is 2.12. The van der Waals surface area contributed by atoms with E-state index >= 15 is 0 Å². The predicted molar refractivity (Wildman–Crippen MR) is 346 cm³/mol. The summed E-state index contributed by atoms with van der Waals surface area (Å²) in [6, 6.07) is -7.71. The van der Waals surface area contributed by atoms with Crippen LogP contribution >= 0.6 is 0 Å². The minimum Gasteiger partial charge on any atom is -0.480 e. The maximum Gasteiger partial charge on any atom is 0.326 e. The Balaban J connectivity index is 7.27. The lowest BCUT2D eigenvalue weighted by Crippen LogP contribution is -2.59. The van der Waals surface area contributed by atoms with Crippen molar-refractivity contribution in [1.82, 2.24) is 79.8 Å². The van der Waals surface area contributed by atoms with E-state index in [0.717, 1.165) is 0 Å². The van der Waals surface area contributed by atoms with Gasteiger partial charge in [0.05, 0.1) is 46.8 Å².